The third kappa shape index (κ3) is 9.61. The lowest BCUT2D eigenvalue weighted by Gasteiger charge is -2.26. The molecule has 0 radical (unpaired) electrons. The molecule has 47 heavy (non-hydrogen) atoms. The Hall–Kier alpha value is -5.27. The van der Waals surface area contributed by atoms with Gasteiger partial charge in [-0.15, -0.1) is 0 Å². The lowest BCUT2D eigenvalue weighted by atomic mass is 10.0. The van der Waals surface area contributed by atoms with E-state index < -0.39 is 47.7 Å². The number of aromatic nitrogens is 2. The zero-order valence-electron chi connectivity index (χ0n) is 26.9. The molecular weight excluding hydrogens is 606 g/mol. The van der Waals surface area contributed by atoms with Gasteiger partial charge in [0, 0.05) is 31.8 Å². The molecule has 4 N–H and O–H groups in total. The minimum atomic E-state index is -1.03. The van der Waals surface area contributed by atoms with E-state index in [4.69, 9.17) is 9.26 Å². The van der Waals surface area contributed by atoms with Crippen LogP contribution in [0.5, 0.6) is 5.88 Å². The van der Waals surface area contributed by atoms with Crippen LogP contribution in [0, 0.1) is 5.92 Å². The predicted octanol–water partition coefficient (Wildman–Crippen LogP) is 1.62. The maximum absolute atomic E-state index is 13.8. The van der Waals surface area contributed by atoms with Crippen molar-refractivity contribution in [3.63, 3.8) is 0 Å². The Balaban J connectivity index is 1.67. The van der Waals surface area contributed by atoms with Crippen molar-refractivity contribution in [2.24, 2.45) is 5.92 Å². The van der Waals surface area contributed by atoms with Crippen molar-refractivity contribution < 1.29 is 33.2 Å². The normalized spacial score (nSPS) is 19.9. The Morgan fingerprint density at radius 3 is 2.47 bits per heavy atom. The molecule has 2 bridgehead atoms. The minimum Gasteiger partial charge on any atom is -0.477 e. The first-order chi connectivity index (χ1) is 22.5. The van der Waals surface area contributed by atoms with Crippen molar-refractivity contribution in [2.45, 2.75) is 65.2 Å². The van der Waals surface area contributed by atoms with Crippen LogP contribution >= 0.6 is 0 Å². The Morgan fingerprint density at radius 2 is 1.74 bits per heavy atom. The van der Waals surface area contributed by atoms with Crippen molar-refractivity contribution in [3.05, 3.63) is 77.3 Å². The van der Waals surface area contributed by atoms with Crippen LogP contribution in [0.4, 0.5) is 0 Å². The number of carbonyl (C=O) groups excluding carboxylic acids is 5. The van der Waals surface area contributed by atoms with Crippen LogP contribution in [0.3, 0.4) is 0 Å². The van der Waals surface area contributed by atoms with Gasteiger partial charge in [-0.1, -0.05) is 49.3 Å². The van der Waals surface area contributed by atoms with Gasteiger partial charge in [0.2, 0.25) is 23.6 Å². The number of fused-ring (bicyclic) bond motifs is 2. The van der Waals surface area contributed by atoms with E-state index in [0.29, 0.717) is 6.42 Å². The number of benzene rings is 1. The highest BCUT2D eigenvalue weighted by molar-refractivity contribution is 5.98. The summed E-state index contributed by atoms with van der Waals surface area (Å²) in [6.45, 7) is 7.29. The molecule has 1 aliphatic rings. The van der Waals surface area contributed by atoms with E-state index in [1.165, 1.54) is 24.1 Å². The van der Waals surface area contributed by atoms with Crippen LogP contribution in [0.1, 0.15) is 66.3 Å². The molecule has 14 heteroatoms. The predicted molar refractivity (Wildman–Crippen MR) is 170 cm³/mol. The van der Waals surface area contributed by atoms with Crippen LogP contribution < -0.4 is 26.0 Å². The van der Waals surface area contributed by atoms with Crippen molar-refractivity contribution in [2.75, 3.05) is 19.7 Å². The molecule has 14 nitrogen and oxygen atoms in total. The largest absolute Gasteiger partial charge is 0.477 e. The van der Waals surface area contributed by atoms with Crippen LogP contribution in [-0.2, 0) is 27.3 Å². The molecule has 1 aromatic carbocycles. The lowest BCUT2D eigenvalue weighted by molar-refractivity contribution is -0.132. The van der Waals surface area contributed by atoms with Crippen molar-refractivity contribution in [1.82, 2.24) is 36.3 Å². The van der Waals surface area contributed by atoms with Gasteiger partial charge in [-0.3, -0.25) is 24.0 Å². The monoisotopic (exact) mass is 647 g/mol. The summed E-state index contributed by atoms with van der Waals surface area (Å²) in [4.78, 5) is 72.7. The second-order valence-corrected chi connectivity index (χ2v) is 11.6. The van der Waals surface area contributed by atoms with E-state index in [0.717, 1.165) is 5.56 Å². The molecule has 0 aliphatic carbocycles. The first-order valence-electron chi connectivity index (χ1n) is 15.6. The number of hydrogen-bond acceptors (Lipinski definition) is 9. The average Bonchev–Trinajstić information content (AvgIpc) is 3.52. The molecule has 3 heterocycles. The van der Waals surface area contributed by atoms with Gasteiger partial charge in [0.05, 0.1) is 13.2 Å². The number of hydrogen-bond donors (Lipinski definition) is 4. The van der Waals surface area contributed by atoms with Gasteiger partial charge in [-0.25, -0.2) is 4.98 Å². The SMILES string of the molecule is CCOc1ncccc1C(=O)N1CCNC(=O)[C@@H](Cc2ccccc2)NC(=O)[C@@H](CC(C)C)NC(=O)[C@@H](C)NC(=O)c2cc(on2)C1. The molecule has 0 saturated heterocycles. The smallest absolute Gasteiger partial charge is 0.274 e. The molecule has 0 unspecified atom stereocenters. The van der Waals surface area contributed by atoms with E-state index >= 15 is 0 Å². The Kier molecular flexibility index (Phi) is 12.0. The maximum Gasteiger partial charge on any atom is 0.274 e. The summed E-state index contributed by atoms with van der Waals surface area (Å²) in [5.41, 5.74) is 0.914. The summed E-state index contributed by atoms with van der Waals surface area (Å²) >= 11 is 0. The topological polar surface area (TPSA) is 185 Å². The van der Waals surface area contributed by atoms with Gasteiger partial charge >= 0.3 is 0 Å². The van der Waals surface area contributed by atoms with Crippen molar-refractivity contribution in [1.29, 1.82) is 0 Å². The summed E-state index contributed by atoms with van der Waals surface area (Å²) in [6.07, 6.45) is 1.99. The molecule has 250 valence electrons. The van der Waals surface area contributed by atoms with Crippen molar-refractivity contribution in [3.8, 4) is 5.88 Å². The molecule has 3 aromatic rings. The molecule has 5 amide bonds. The molecule has 4 rings (SSSR count). The van der Waals surface area contributed by atoms with E-state index in [-0.39, 0.29) is 61.5 Å². The molecule has 2 aromatic heterocycles. The number of ether oxygens (including phenoxy) is 1. The number of amides is 5. The van der Waals surface area contributed by atoms with E-state index in [9.17, 15) is 24.0 Å². The number of pyridine rings is 1. The quantitative estimate of drug-likeness (QED) is 0.296. The fraction of sp³-hybridized carbons (Fsp3) is 0.424. The van der Waals surface area contributed by atoms with Crippen LogP contribution in [0.2, 0.25) is 0 Å². The molecule has 0 saturated carbocycles. The third-order valence-corrected chi connectivity index (χ3v) is 7.39. The van der Waals surface area contributed by atoms with Gasteiger partial charge in [0.15, 0.2) is 11.5 Å². The average molecular weight is 648 g/mol. The molecular formula is C33H41N7O7. The van der Waals surface area contributed by atoms with Gasteiger partial charge in [0.25, 0.3) is 11.8 Å². The molecule has 0 spiro atoms. The number of rotatable bonds is 7. The third-order valence-electron chi connectivity index (χ3n) is 7.39. The van der Waals surface area contributed by atoms with Gasteiger partial charge in [-0.2, -0.15) is 0 Å². The van der Waals surface area contributed by atoms with Gasteiger partial charge < -0.3 is 35.4 Å². The highest BCUT2D eigenvalue weighted by Crippen LogP contribution is 2.19. The number of nitrogens with zero attached hydrogens (tertiary/aromatic N) is 3. The van der Waals surface area contributed by atoms with E-state index in [1.54, 1.807) is 19.1 Å². The van der Waals surface area contributed by atoms with Gasteiger partial charge in [-0.05, 0) is 43.9 Å². The first-order valence-corrected chi connectivity index (χ1v) is 15.6. The highest BCUT2D eigenvalue weighted by atomic mass is 16.5. The second kappa shape index (κ2) is 16.3. The Morgan fingerprint density at radius 1 is 1.00 bits per heavy atom. The summed E-state index contributed by atoms with van der Waals surface area (Å²) in [5.74, 6) is -2.36. The Bertz CT molecular complexity index is 1560. The standard InChI is InChI=1S/C33H41N7O7/c1-5-46-32-24(12-9-13-35-32)33(45)40-15-14-34-29(42)26(17-22-10-7-6-8-11-22)38-30(43)25(16-20(2)3)37-28(41)21(4)36-31(44)27-18-23(19-40)47-39-27/h6-13,18,20-21,25-26H,5,14-17,19H2,1-4H3,(H,34,42)(H,36,44)(H,37,41)(H,38,43)/t21-,25-,26-/m1/s1. The molecule has 1 aliphatic heterocycles. The fourth-order valence-corrected chi connectivity index (χ4v) is 5.02. The molecule has 3 atom stereocenters. The van der Waals surface area contributed by atoms with Gasteiger partial charge in [0.1, 0.15) is 23.7 Å². The highest BCUT2D eigenvalue weighted by Gasteiger charge is 2.30. The first kappa shape index (κ1) is 34.6. The summed E-state index contributed by atoms with van der Waals surface area (Å²) < 4.78 is 11.0. The zero-order valence-corrected chi connectivity index (χ0v) is 26.9. The van der Waals surface area contributed by atoms with E-state index in [2.05, 4.69) is 31.4 Å². The van der Waals surface area contributed by atoms with Crippen LogP contribution in [0.15, 0.2) is 59.3 Å². The number of nitrogens with one attached hydrogen (secondary N) is 4. The Labute approximate surface area is 273 Å². The summed E-state index contributed by atoms with van der Waals surface area (Å²) in [6, 6.07) is 10.8. The van der Waals surface area contributed by atoms with E-state index in [1.807, 2.05) is 44.2 Å². The van der Waals surface area contributed by atoms with Crippen LogP contribution in [-0.4, -0.2) is 82.4 Å². The lowest BCUT2D eigenvalue weighted by Crippen LogP contribution is -2.57. The van der Waals surface area contributed by atoms with Crippen molar-refractivity contribution >= 4 is 29.5 Å². The van der Waals surface area contributed by atoms with Crippen LogP contribution in [0.25, 0.3) is 0 Å². The summed E-state index contributed by atoms with van der Waals surface area (Å²) in [7, 11) is 0. The zero-order chi connectivity index (χ0) is 33.9. The maximum atomic E-state index is 13.8. The molecule has 0 fully saturated rings. The summed E-state index contributed by atoms with van der Waals surface area (Å²) in [5, 5.41) is 14.8. The fourth-order valence-electron chi connectivity index (χ4n) is 5.02. The minimum absolute atomic E-state index is 0.0150. The second-order valence-electron chi connectivity index (χ2n) is 11.6. The number of carbonyl (C=O) groups is 5.